The normalized spacial score (nSPS) is 12.1. The molecule has 2 rings (SSSR count). The Hall–Kier alpha value is -2.82. The van der Waals surface area contributed by atoms with Crippen molar-refractivity contribution in [2.45, 2.75) is 52.3 Å². The predicted octanol–water partition coefficient (Wildman–Crippen LogP) is 3.75. The average Bonchev–Trinajstić information content (AvgIpc) is 2.59. The number of carbonyl (C=O) groups excluding carboxylic acids is 2. The maximum atomic E-state index is 12.8. The van der Waals surface area contributed by atoms with Crippen molar-refractivity contribution in [1.82, 2.24) is 10.6 Å². The monoisotopic (exact) mass is 368 g/mol. The van der Waals surface area contributed by atoms with Crippen molar-refractivity contribution in [1.29, 1.82) is 0 Å². The Balaban J connectivity index is 2.06. The topological polar surface area (TPSA) is 67.4 Å². The fraction of sp³-hybridized carbons (Fsp3) is 0.364. The highest BCUT2D eigenvalue weighted by atomic mass is 16.6. The molecule has 2 N–H and O–H groups in total. The van der Waals surface area contributed by atoms with Crippen LogP contribution in [0.3, 0.4) is 0 Å². The van der Waals surface area contributed by atoms with Crippen LogP contribution in [0.5, 0.6) is 0 Å². The van der Waals surface area contributed by atoms with Crippen LogP contribution in [0.2, 0.25) is 0 Å². The zero-order chi connectivity index (χ0) is 19.9. The molecule has 0 spiro atoms. The maximum absolute atomic E-state index is 12.8. The Bertz CT molecular complexity index is 767. The number of amides is 2. The minimum Gasteiger partial charge on any atom is -0.444 e. The summed E-state index contributed by atoms with van der Waals surface area (Å²) < 4.78 is 5.31. The van der Waals surface area contributed by atoms with Crippen molar-refractivity contribution in [3.05, 3.63) is 71.3 Å². The number of aryl methyl sites for hydroxylation is 1. The van der Waals surface area contributed by atoms with Crippen molar-refractivity contribution in [2.75, 3.05) is 0 Å². The highest BCUT2D eigenvalue weighted by Crippen LogP contribution is 2.10. The third-order valence-corrected chi connectivity index (χ3v) is 4.00. The SMILES string of the molecule is Cc1ccccc1CNC(=O)[C@H](Cc1ccccc1)NC(=O)OC(C)(C)C. The van der Waals surface area contributed by atoms with Crippen LogP contribution in [0.25, 0.3) is 0 Å². The number of rotatable bonds is 6. The molecule has 0 aliphatic carbocycles. The summed E-state index contributed by atoms with van der Waals surface area (Å²) in [6, 6.07) is 16.7. The first-order valence-corrected chi connectivity index (χ1v) is 9.10. The summed E-state index contributed by atoms with van der Waals surface area (Å²) in [6.45, 7) is 7.78. The van der Waals surface area contributed by atoms with Crippen LogP contribution in [0.1, 0.15) is 37.5 Å². The van der Waals surface area contributed by atoms with E-state index in [1.54, 1.807) is 20.8 Å². The summed E-state index contributed by atoms with van der Waals surface area (Å²) in [5.41, 5.74) is 2.49. The molecular formula is C22H28N2O3. The Kier molecular flexibility index (Phi) is 6.99. The van der Waals surface area contributed by atoms with E-state index in [0.29, 0.717) is 13.0 Å². The van der Waals surface area contributed by atoms with Gasteiger partial charge in [-0.2, -0.15) is 0 Å². The second-order valence-electron chi connectivity index (χ2n) is 7.53. The molecule has 2 aromatic carbocycles. The Morgan fingerprint density at radius 1 is 1.00 bits per heavy atom. The molecule has 2 aromatic rings. The second-order valence-corrected chi connectivity index (χ2v) is 7.53. The smallest absolute Gasteiger partial charge is 0.408 e. The van der Waals surface area contributed by atoms with Crippen LogP contribution in [0.15, 0.2) is 54.6 Å². The predicted molar refractivity (Wildman–Crippen MR) is 106 cm³/mol. The molecule has 0 aliphatic rings. The molecule has 5 heteroatoms. The lowest BCUT2D eigenvalue weighted by Gasteiger charge is -2.23. The lowest BCUT2D eigenvalue weighted by Crippen LogP contribution is -2.49. The minimum atomic E-state index is -0.716. The van der Waals surface area contributed by atoms with Gasteiger partial charge in [0.05, 0.1) is 0 Å². The van der Waals surface area contributed by atoms with E-state index < -0.39 is 17.7 Å². The van der Waals surface area contributed by atoms with Crippen LogP contribution in [0.4, 0.5) is 4.79 Å². The van der Waals surface area contributed by atoms with Crippen LogP contribution in [-0.2, 0) is 22.5 Å². The van der Waals surface area contributed by atoms with Gasteiger partial charge in [0, 0.05) is 13.0 Å². The number of carbonyl (C=O) groups is 2. The van der Waals surface area contributed by atoms with Crippen molar-refractivity contribution in [2.24, 2.45) is 0 Å². The number of hydrogen-bond donors (Lipinski definition) is 2. The van der Waals surface area contributed by atoms with Gasteiger partial charge in [0.1, 0.15) is 11.6 Å². The first-order chi connectivity index (χ1) is 12.7. The molecule has 1 atom stereocenters. The summed E-state index contributed by atoms with van der Waals surface area (Å²) in [4.78, 5) is 24.9. The maximum Gasteiger partial charge on any atom is 0.408 e. The second kappa shape index (κ2) is 9.21. The van der Waals surface area contributed by atoms with E-state index in [1.165, 1.54) is 0 Å². The number of hydrogen-bond acceptors (Lipinski definition) is 3. The molecule has 5 nitrogen and oxygen atoms in total. The van der Waals surface area contributed by atoms with Crippen LogP contribution < -0.4 is 10.6 Å². The third-order valence-electron chi connectivity index (χ3n) is 4.00. The van der Waals surface area contributed by atoms with Gasteiger partial charge in [-0.1, -0.05) is 54.6 Å². The van der Waals surface area contributed by atoms with E-state index in [0.717, 1.165) is 16.7 Å². The minimum absolute atomic E-state index is 0.243. The third kappa shape index (κ3) is 7.13. The molecular weight excluding hydrogens is 340 g/mol. The fourth-order valence-electron chi connectivity index (χ4n) is 2.62. The van der Waals surface area contributed by atoms with Gasteiger partial charge in [0.15, 0.2) is 0 Å². The van der Waals surface area contributed by atoms with Crippen LogP contribution in [0, 0.1) is 6.92 Å². The van der Waals surface area contributed by atoms with E-state index >= 15 is 0 Å². The van der Waals surface area contributed by atoms with Gasteiger partial charge >= 0.3 is 6.09 Å². The van der Waals surface area contributed by atoms with E-state index in [2.05, 4.69) is 10.6 Å². The van der Waals surface area contributed by atoms with E-state index in [1.807, 2.05) is 61.5 Å². The Labute approximate surface area is 161 Å². The van der Waals surface area contributed by atoms with Gasteiger partial charge in [-0.05, 0) is 44.4 Å². The molecule has 0 radical (unpaired) electrons. The Morgan fingerprint density at radius 3 is 2.26 bits per heavy atom. The van der Waals surface area contributed by atoms with E-state index in [4.69, 9.17) is 4.74 Å². The molecule has 0 saturated heterocycles. The summed E-state index contributed by atoms with van der Waals surface area (Å²) in [5, 5.41) is 5.62. The summed E-state index contributed by atoms with van der Waals surface area (Å²) in [7, 11) is 0. The van der Waals surface area contributed by atoms with Crippen molar-refractivity contribution < 1.29 is 14.3 Å². The number of benzene rings is 2. The molecule has 2 amide bonds. The van der Waals surface area contributed by atoms with Gasteiger partial charge in [-0.25, -0.2) is 4.79 Å². The highest BCUT2D eigenvalue weighted by Gasteiger charge is 2.24. The van der Waals surface area contributed by atoms with Gasteiger partial charge in [0.2, 0.25) is 5.91 Å². The number of nitrogens with one attached hydrogen (secondary N) is 2. The summed E-state index contributed by atoms with van der Waals surface area (Å²) >= 11 is 0. The zero-order valence-corrected chi connectivity index (χ0v) is 16.4. The van der Waals surface area contributed by atoms with Gasteiger partial charge in [-0.3, -0.25) is 4.79 Å². The summed E-state index contributed by atoms with van der Waals surface area (Å²) in [6.07, 6.45) is -0.214. The number of alkyl carbamates (subject to hydrolysis) is 1. The van der Waals surface area contributed by atoms with Gasteiger partial charge < -0.3 is 15.4 Å². The highest BCUT2D eigenvalue weighted by molar-refractivity contribution is 5.86. The zero-order valence-electron chi connectivity index (χ0n) is 16.4. The van der Waals surface area contributed by atoms with Crippen molar-refractivity contribution in [3.63, 3.8) is 0 Å². The summed E-state index contributed by atoms with van der Waals surface area (Å²) in [5.74, 6) is -0.243. The van der Waals surface area contributed by atoms with Crippen molar-refractivity contribution >= 4 is 12.0 Å². The lowest BCUT2D eigenvalue weighted by atomic mass is 10.0. The molecule has 0 aliphatic heterocycles. The quantitative estimate of drug-likeness (QED) is 0.816. The molecule has 0 bridgehead atoms. The van der Waals surface area contributed by atoms with Gasteiger partial charge in [-0.15, -0.1) is 0 Å². The fourth-order valence-corrected chi connectivity index (χ4v) is 2.62. The van der Waals surface area contributed by atoms with Crippen molar-refractivity contribution in [3.8, 4) is 0 Å². The molecule has 144 valence electrons. The molecule has 0 fully saturated rings. The van der Waals surface area contributed by atoms with Crippen LogP contribution in [-0.4, -0.2) is 23.6 Å². The molecule has 0 saturated carbocycles. The molecule has 0 unspecified atom stereocenters. The largest absolute Gasteiger partial charge is 0.444 e. The Morgan fingerprint density at radius 2 is 1.63 bits per heavy atom. The average molecular weight is 368 g/mol. The molecule has 27 heavy (non-hydrogen) atoms. The van der Waals surface area contributed by atoms with Gasteiger partial charge in [0.25, 0.3) is 0 Å². The van der Waals surface area contributed by atoms with E-state index in [-0.39, 0.29) is 5.91 Å². The first kappa shape index (κ1) is 20.5. The van der Waals surface area contributed by atoms with E-state index in [9.17, 15) is 9.59 Å². The molecule has 0 aromatic heterocycles. The standard InChI is InChI=1S/C22H28N2O3/c1-16-10-8-9-13-18(16)15-23-20(25)19(14-17-11-6-5-7-12-17)24-21(26)27-22(2,3)4/h5-13,19H,14-15H2,1-4H3,(H,23,25)(H,24,26)/t19-/m0/s1. The first-order valence-electron chi connectivity index (χ1n) is 9.10. The van der Waals surface area contributed by atoms with Crippen LogP contribution >= 0.6 is 0 Å². The number of ether oxygens (including phenoxy) is 1. The molecule has 0 heterocycles. The lowest BCUT2D eigenvalue weighted by molar-refractivity contribution is -0.123.